The largest absolute Gasteiger partial charge is 0.340 e. The van der Waals surface area contributed by atoms with Gasteiger partial charge in [0.05, 0.1) is 21.8 Å². The minimum atomic E-state index is 0.284. The van der Waals surface area contributed by atoms with E-state index in [0.29, 0.717) is 0 Å². The second kappa shape index (κ2) is 5.12. The topological polar surface area (TPSA) is 29.9 Å². The lowest BCUT2D eigenvalue weighted by atomic mass is 10.1. The maximum atomic E-state index is 4.38. The minimum absolute atomic E-state index is 0.284. The number of thiophene rings is 1. The average molecular weight is 300 g/mol. The van der Waals surface area contributed by atoms with Gasteiger partial charge in [-0.2, -0.15) is 0 Å². The SMILES string of the molecule is CNC(Cc1ccc(Br)s1)c1cn(C)cn1. The number of aryl methyl sites for hydroxylation is 1. The Balaban J connectivity index is 2.12. The zero-order chi connectivity index (χ0) is 11.5. The van der Waals surface area contributed by atoms with Crippen molar-refractivity contribution in [2.24, 2.45) is 7.05 Å². The van der Waals surface area contributed by atoms with Crippen molar-refractivity contribution in [2.75, 3.05) is 7.05 Å². The predicted octanol–water partition coefficient (Wildman–Crippen LogP) is 2.75. The van der Waals surface area contributed by atoms with Crippen LogP contribution in [-0.2, 0) is 13.5 Å². The standard InChI is InChI=1S/C11H14BrN3S/c1-13-9(10-6-15(2)7-14-10)5-8-3-4-11(12)16-8/h3-4,6-7,9,13H,5H2,1-2H3. The Morgan fingerprint density at radius 2 is 2.38 bits per heavy atom. The number of aromatic nitrogens is 2. The molecule has 0 aliphatic carbocycles. The van der Waals surface area contributed by atoms with E-state index in [2.05, 4.69) is 44.6 Å². The van der Waals surface area contributed by atoms with Gasteiger partial charge in [-0.25, -0.2) is 4.98 Å². The van der Waals surface area contributed by atoms with Crippen LogP contribution in [0, 0.1) is 0 Å². The highest BCUT2D eigenvalue weighted by Gasteiger charge is 2.13. The molecule has 2 heterocycles. The van der Waals surface area contributed by atoms with E-state index in [0.717, 1.165) is 12.1 Å². The number of halogens is 1. The van der Waals surface area contributed by atoms with Gasteiger partial charge < -0.3 is 9.88 Å². The third-order valence-electron chi connectivity index (χ3n) is 2.46. The fourth-order valence-electron chi connectivity index (χ4n) is 1.63. The molecule has 3 nitrogen and oxygen atoms in total. The molecule has 0 fully saturated rings. The van der Waals surface area contributed by atoms with Gasteiger partial charge in [0.2, 0.25) is 0 Å². The molecule has 2 aromatic heterocycles. The number of hydrogen-bond acceptors (Lipinski definition) is 3. The van der Waals surface area contributed by atoms with Crippen LogP contribution in [0.4, 0.5) is 0 Å². The Kier molecular flexibility index (Phi) is 3.78. The zero-order valence-corrected chi connectivity index (χ0v) is 11.7. The molecule has 0 aromatic carbocycles. The molecule has 0 saturated carbocycles. The second-order valence-electron chi connectivity index (χ2n) is 3.72. The van der Waals surface area contributed by atoms with Crippen LogP contribution in [0.25, 0.3) is 0 Å². The van der Waals surface area contributed by atoms with Gasteiger partial charge in [-0.3, -0.25) is 0 Å². The molecule has 16 heavy (non-hydrogen) atoms. The summed E-state index contributed by atoms with van der Waals surface area (Å²) in [5, 5.41) is 3.30. The maximum Gasteiger partial charge on any atom is 0.0947 e. The lowest BCUT2D eigenvalue weighted by molar-refractivity contribution is 0.582. The summed E-state index contributed by atoms with van der Waals surface area (Å²) in [6.45, 7) is 0. The number of hydrogen-bond donors (Lipinski definition) is 1. The van der Waals surface area contributed by atoms with Gasteiger partial charge in [0.15, 0.2) is 0 Å². The van der Waals surface area contributed by atoms with Crippen molar-refractivity contribution in [3.8, 4) is 0 Å². The van der Waals surface area contributed by atoms with Gasteiger partial charge in [0.25, 0.3) is 0 Å². The first-order valence-corrected chi connectivity index (χ1v) is 6.69. The highest BCUT2D eigenvalue weighted by Crippen LogP contribution is 2.26. The normalized spacial score (nSPS) is 12.9. The Labute approximate surface area is 108 Å². The minimum Gasteiger partial charge on any atom is -0.340 e. The second-order valence-corrected chi connectivity index (χ2v) is 6.26. The van der Waals surface area contributed by atoms with E-state index < -0.39 is 0 Å². The summed E-state index contributed by atoms with van der Waals surface area (Å²) in [5.74, 6) is 0. The van der Waals surface area contributed by atoms with Crippen LogP contribution < -0.4 is 5.32 Å². The van der Waals surface area contributed by atoms with Crippen molar-refractivity contribution < 1.29 is 0 Å². The number of likely N-dealkylation sites (N-methyl/N-ethyl adjacent to an activating group) is 1. The lowest BCUT2D eigenvalue weighted by Crippen LogP contribution is -2.18. The third kappa shape index (κ3) is 2.72. The maximum absolute atomic E-state index is 4.38. The van der Waals surface area contributed by atoms with Crippen molar-refractivity contribution in [3.05, 3.63) is 39.0 Å². The van der Waals surface area contributed by atoms with Crippen LogP contribution in [0.5, 0.6) is 0 Å². The molecule has 5 heteroatoms. The Morgan fingerprint density at radius 1 is 1.56 bits per heavy atom. The summed E-state index contributed by atoms with van der Waals surface area (Å²) < 4.78 is 3.16. The Hall–Kier alpha value is -0.650. The molecule has 1 atom stereocenters. The van der Waals surface area contributed by atoms with Crippen LogP contribution >= 0.6 is 27.3 Å². The molecule has 0 radical (unpaired) electrons. The van der Waals surface area contributed by atoms with E-state index in [9.17, 15) is 0 Å². The first-order valence-electron chi connectivity index (χ1n) is 5.08. The molecule has 1 unspecified atom stereocenters. The number of imidazole rings is 1. The molecule has 0 bridgehead atoms. The monoisotopic (exact) mass is 299 g/mol. The number of nitrogens with zero attached hydrogens (tertiary/aromatic N) is 2. The molecule has 1 N–H and O–H groups in total. The molecule has 0 spiro atoms. The molecule has 2 aromatic rings. The van der Waals surface area contributed by atoms with Crippen molar-refractivity contribution in [1.82, 2.24) is 14.9 Å². The first-order chi connectivity index (χ1) is 7.69. The molecule has 0 saturated heterocycles. The fourth-order valence-corrected chi connectivity index (χ4v) is 3.16. The predicted molar refractivity (Wildman–Crippen MR) is 70.7 cm³/mol. The first kappa shape index (κ1) is 11.8. The summed E-state index contributed by atoms with van der Waals surface area (Å²) in [6.07, 6.45) is 4.87. The van der Waals surface area contributed by atoms with Gasteiger partial charge >= 0.3 is 0 Å². The highest BCUT2D eigenvalue weighted by atomic mass is 79.9. The van der Waals surface area contributed by atoms with E-state index in [4.69, 9.17) is 0 Å². The van der Waals surface area contributed by atoms with Gasteiger partial charge in [-0.15, -0.1) is 11.3 Å². The van der Waals surface area contributed by atoms with Crippen molar-refractivity contribution in [3.63, 3.8) is 0 Å². The molecule has 0 amide bonds. The number of nitrogens with one attached hydrogen (secondary N) is 1. The third-order valence-corrected chi connectivity index (χ3v) is 4.11. The van der Waals surface area contributed by atoms with Crippen LogP contribution in [-0.4, -0.2) is 16.6 Å². The Morgan fingerprint density at radius 3 is 2.88 bits per heavy atom. The van der Waals surface area contributed by atoms with Crippen LogP contribution in [0.3, 0.4) is 0 Å². The zero-order valence-electron chi connectivity index (χ0n) is 9.27. The van der Waals surface area contributed by atoms with E-state index in [1.54, 1.807) is 11.3 Å². The number of rotatable bonds is 4. The van der Waals surface area contributed by atoms with Crippen LogP contribution in [0.1, 0.15) is 16.6 Å². The molecule has 86 valence electrons. The summed E-state index contributed by atoms with van der Waals surface area (Å²) in [6, 6.07) is 4.53. The van der Waals surface area contributed by atoms with Gasteiger partial charge in [-0.05, 0) is 35.1 Å². The smallest absolute Gasteiger partial charge is 0.0947 e. The van der Waals surface area contributed by atoms with E-state index in [-0.39, 0.29) is 6.04 Å². The van der Waals surface area contributed by atoms with E-state index in [1.165, 1.54) is 8.66 Å². The van der Waals surface area contributed by atoms with Gasteiger partial charge in [0, 0.05) is 24.5 Å². The molecule has 2 rings (SSSR count). The van der Waals surface area contributed by atoms with E-state index in [1.807, 2.05) is 25.0 Å². The van der Waals surface area contributed by atoms with Crippen LogP contribution in [0.2, 0.25) is 0 Å². The fraction of sp³-hybridized carbons (Fsp3) is 0.364. The lowest BCUT2D eigenvalue weighted by Gasteiger charge is -2.12. The summed E-state index contributed by atoms with van der Waals surface area (Å²) in [7, 11) is 3.97. The Bertz CT molecular complexity index is 463. The summed E-state index contributed by atoms with van der Waals surface area (Å²) >= 11 is 5.26. The molecule has 0 aliphatic heterocycles. The molecule has 0 aliphatic rings. The molecular weight excluding hydrogens is 286 g/mol. The molecular formula is C11H14BrN3S. The van der Waals surface area contributed by atoms with Crippen molar-refractivity contribution >= 4 is 27.3 Å². The average Bonchev–Trinajstić information content (AvgIpc) is 2.84. The van der Waals surface area contributed by atoms with Gasteiger partial charge in [0.1, 0.15) is 0 Å². The highest BCUT2D eigenvalue weighted by molar-refractivity contribution is 9.11. The van der Waals surface area contributed by atoms with Crippen molar-refractivity contribution in [2.45, 2.75) is 12.5 Å². The van der Waals surface area contributed by atoms with Crippen LogP contribution in [0.15, 0.2) is 28.4 Å². The quantitative estimate of drug-likeness (QED) is 0.941. The van der Waals surface area contributed by atoms with Crippen molar-refractivity contribution in [1.29, 1.82) is 0 Å². The summed E-state index contributed by atoms with van der Waals surface area (Å²) in [4.78, 5) is 5.74. The van der Waals surface area contributed by atoms with E-state index >= 15 is 0 Å². The van der Waals surface area contributed by atoms with Gasteiger partial charge in [-0.1, -0.05) is 0 Å². The summed E-state index contributed by atoms with van der Waals surface area (Å²) in [5.41, 5.74) is 1.09.